The number of nitrogens with zero attached hydrogens (tertiary/aromatic N) is 4. The topological polar surface area (TPSA) is 81.2 Å². The Morgan fingerprint density at radius 2 is 1.69 bits per heavy atom. The molecule has 0 aliphatic carbocycles. The number of thiazole rings is 1. The highest BCUT2D eigenvalue weighted by Gasteiger charge is 2.24. The van der Waals surface area contributed by atoms with Crippen LogP contribution in [-0.2, 0) is 0 Å². The lowest BCUT2D eigenvalue weighted by atomic mass is 10.1. The fraction of sp³-hybridized carbons (Fsp3) is 0.0323. The van der Waals surface area contributed by atoms with E-state index in [0.29, 0.717) is 49.6 Å². The molecule has 3 aromatic heterocycles. The van der Waals surface area contributed by atoms with Crippen LogP contribution in [0.15, 0.2) is 119 Å². The van der Waals surface area contributed by atoms with E-state index in [2.05, 4.69) is 6.58 Å². The number of benzene rings is 3. The van der Waals surface area contributed by atoms with Gasteiger partial charge in [0, 0.05) is 23.4 Å². The highest BCUT2D eigenvalue weighted by Crippen LogP contribution is 2.42. The largest absolute Gasteiger partial charge is 0.448 e. The lowest BCUT2D eigenvalue weighted by Gasteiger charge is -2.14. The van der Waals surface area contributed by atoms with Crippen LogP contribution in [0.25, 0.3) is 38.5 Å². The number of furan rings is 1. The summed E-state index contributed by atoms with van der Waals surface area (Å²) in [6, 6.07) is 27.6. The molecule has 3 aromatic carbocycles. The molecule has 6 aromatic rings. The van der Waals surface area contributed by atoms with Crippen LogP contribution in [0.5, 0.6) is 0 Å². The molecule has 39 heavy (non-hydrogen) atoms. The minimum absolute atomic E-state index is 0.0494. The summed E-state index contributed by atoms with van der Waals surface area (Å²) in [5.41, 5.74) is 3.07. The minimum Gasteiger partial charge on any atom is -0.448 e. The average molecular weight is 531 g/mol. The summed E-state index contributed by atoms with van der Waals surface area (Å²) in [7, 11) is 0. The van der Waals surface area contributed by atoms with Gasteiger partial charge in [0.1, 0.15) is 4.88 Å². The summed E-state index contributed by atoms with van der Waals surface area (Å²) in [4.78, 5) is 38.3. The Labute approximate surface area is 227 Å². The summed E-state index contributed by atoms with van der Waals surface area (Å²) in [5.74, 6) is 0.959. The fourth-order valence-corrected chi connectivity index (χ4v) is 5.46. The van der Waals surface area contributed by atoms with E-state index in [1.54, 1.807) is 58.3 Å². The van der Waals surface area contributed by atoms with Crippen LogP contribution in [0.4, 0.5) is 11.0 Å². The molecule has 0 N–H and O–H groups in total. The molecule has 0 spiro atoms. The second kappa shape index (κ2) is 10.00. The third kappa shape index (κ3) is 4.36. The van der Waals surface area contributed by atoms with Gasteiger partial charge >= 0.3 is 0 Å². The number of fused-ring (bicyclic) bond motifs is 1. The first kappa shape index (κ1) is 24.3. The van der Waals surface area contributed by atoms with Crippen molar-refractivity contribution in [1.82, 2.24) is 14.5 Å². The van der Waals surface area contributed by atoms with Crippen LogP contribution in [0.2, 0.25) is 0 Å². The zero-order chi connectivity index (χ0) is 26.9. The van der Waals surface area contributed by atoms with Crippen molar-refractivity contribution in [3.8, 4) is 27.6 Å². The monoisotopic (exact) mass is 530 g/mol. The standard InChI is InChI=1S/C31H22N4O3S/c1-3-34(26-14-9-19-38-26)31-33-27(22-10-5-4-6-11-22)28(39-31)29-32-25-13-8-7-12-24(25)30(37)35(29)23-17-15-21(16-18-23)20(2)36/h3-19H,1H2,2H3. The fourth-order valence-electron chi connectivity index (χ4n) is 4.39. The smallest absolute Gasteiger partial charge is 0.266 e. The molecule has 0 aliphatic rings. The van der Waals surface area contributed by atoms with Crippen molar-refractivity contribution in [2.45, 2.75) is 6.92 Å². The molecule has 0 saturated carbocycles. The Balaban J connectivity index is 1.66. The molecular formula is C31H22N4O3S. The Hall–Kier alpha value is -5.08. The SMILES string of the molecule is C=CN(c1ccco1)c1nc(-c2ccccc2)c(-c2nc3ccccc3c(=O)n2-c2ccc(C(C)=O)cc2)s1. The molecule has 0 atom stereocenters. The number of ketones is 1. The Bertz CT molecular complexity index is 1870. The van der Waals surface area contributed by atoms with Gasteiger partial charge in [-0.3, -0.25) is 19.1 Å². The number of carbonyl (C=O) groups excluding carboxylic acids is 1. The molecule has 0 aliphatic heterocycles. The van der Waals surface area contributed by atoms with E-state index in [-0.39, 0.29) is 11.3 Å². The van der Waals surface area contributed by atoms with E-state index < -0.39 is 0 Å². The van der Waals surface area contributed by atoms with Crippen molar-refractivity contribution in [1.29, 1.82) is 0 Å². The summed E-state index contributed by atoms with van der Waals surface area (Å²) < 4.78 is 7.21. The lowest BCUT2D eigenvalue weighted by Crippen LogP contribution is -2.22. The molecule has 0 bridgehead atoms. The van der Waals surface area contributed by atoms with Gasteiger partial charge in [0.15, 0.2) is 16.7 Å². The van der Waals surface area contributed by atoms with Crippen molar-refractivity contribution in [3.05, 3.63) is 126 Å². The van der Waals surface area contributed by atoms with E-state index in [1.807, 2.05) is 54.6 Å². The number of rotatable bonds is 7. The quantitative estimate of drug-likeness (QED) is 0.202. The zero-order valence-corrected chi connectivity index (χ0v) is 21.8. The molecule has 7 nitrogen and oxygen atoms in total. The number of carbonyl (C=O) groups is 1. The first-order valence-electron chi connectivity index (χ1n) is 12.2. The van der Waals surface area contributed by atoms with Crippen molar-refractivity contribution in [3.63, 3.8) is 0 Å². The molecular weight excluding hydrogens is 508 g/mol. The van der Waals surface area contributed by atoms with Gasteiger partial charge in [0.2, 0.25) is 5.88 Å². The zero-order valence-electron chi connectivity index (χ0n) is 20.9. The van der Waals surface area contributed by atoms with Crippen molar-refractivity contribution in [2.24, 2.45) is 0 Å². The molecule has 8 heteroatoms. The highest BCUT2D eigenvalue weighted by molar-refractivity contribution is 7.19. The maximum atomic E-state index is 14.0. The lowest BCUT2D eigenvalue weighted by molar-refractivity contribution is 0.101. The molecule has 190 valence electrons. The molecule has 0 saturated heterocycles. The average Bonchev–Trinajstić information content (AvgIpc) is 3.65. The third-order valence-electron chi connectivity index (χ3n) is 6.31. The summed E-state index contributed by atoms with van der Waals surface area (Å²) in [5, 5.41) is 1.10. The van der Waals surface area contributed by atoms with Crippen molar-refractivity contribution >= 4 is 39.0 Å². The second-order valence-corrected chi connectivity index (χ2v) is 9.72. The predicted octanol–water partition coefficient (Wildman–Crippen LogP) is 7.25. The summed E-state index contributed by atoms with van der Waals surface area (Å²) >= 11 is 1.38. The first-order chi connectivity index (χ1) is 19.0. The summed E-state index contributed by atoms with van der Waals surface area (Å²) in [6.45, 7) is 5.47. The molecule has 0 radical (unpaired) electrons. The Kier molecular flexibility index (Phi) is 6.22. The van der Waals surface area contributed by atoms with Gasteiger partial charge in [0.05, 0.1) is 28.5 Å². The van der Waals surface area contributed by atoms with Crippen LogP contribution in [-0.4, -0.2) is 20.3 Å². The number of Topliss-reactive ketones (excluding diaryl/α,β-unsaturated/α-hetero) is 1. The Morgan fingerprint density at radius 3 is 2.38 bits per heavy atom. The molecule has 6 rings (SSSR count). The van der Waals surface area contributed by atoms with Crippen LogP contribution < -0.4 is 10.5 Å². The number of anilines is 2. The number of aromatic nitrogens is 3. The second-order valence-electron chi connectivity index (χ2n) is 8.74. The maximum Gasteiger partial charge on any atom is 0.266 e. The molecule has 3 heterocycles. The van der Waals surface area contributed by atoms with E-state index in [0.717, 1.165) is 5.56 Å². The van der Waals surface area contributed by atoms with Crippen LogP contribution >= 0.6 is 11.3 Å². The summed E-state index contributed by atoms with van der Waals surface area (Å²) in [6.07, 6.45) is 3.23. The van der Waals surface area contributed by atoms with Gasteiger partial charge in [-0.05, 0) is 49.4 Å². The molecule has 0 unspecified atom stereocenters. The van der Waals surface area contributed by atoms with Gasteiger partial charge in [-0.25, -0.2) is 9.97 Å². The number of hydrogen-bond acceptors (Lipinski definition) is 7. The maximum absolute atomic E-state index is 14.0. The normalized spacial score (nSPS) is 11.0. The van der Waals surface area contributed by atoms with E-state index >= 15 is 0 Å². The third-order valence-corrected chi connectivity index (χ3v) is 7.36. The van der Waals surface area contributed by atoms with Crippen LogP contribution in [0, 0.1) is 0 Å². The number of para-hydroxylation sites is 1. The van der Waals surface area contributed by atoms with Gasteiger partial charge in [0.25, 0.3) is 5.56 Å². The van der Waals surface area contributed by atoms with E-state index in [4.69, 9.17) is 14.4 Å². The first-order valence-corrected chi connectivity index (χ1v) is 13.0. The predicted molar refractivity (Wildman–Crippen MR) is 155 cm³/mol. The van der Waals surface area contributed by atoms with Gasteiger partial charge in [-0.1, -0.05) is 60.4 Å². The van der Waals surface area contributed by atoms with Gasteiger partial charge in [-0.2, -0.15) is 0 Å². The Morgan fingerprint density at radius 1 is 0.949 bits per heavy atom. The highest BCUT2D eigenvalue weighted by atomic mass is 32.1. The van der Waals surface area contributed by atoms with E-state index in [1.165, 1.54) is 18.3 Å². The van der Waals surface area contributed by atoms with Crippen LogP contribution in [0.1, 0.15) is 17.3 Å². The van der Waals surface area contributed by atoms with Crippen LogP contribution in [0.3, 0.4) is 0 Å². The van der Waals surface area contributed by atoms with Crippen molar-refractivity contribution < 1.29 is 9.21 Å². The minimum atomic E-state index is -0.216. The van der Waals surface area contributed by atoms with E-state index in [9.17, 15) is 9.59 Å². The molecule has 0 fully saturated rings. The van der Waals surface area contributed by atoms with Crippen molar-refractivity contribution in [2.75, 3.05) is 4.90 Å². The molecule has 0 amide bonds. The van der Waals surface area contributed by atoms with Gasteiger partial charge in [-0.15, -0.1) is 0 Å². The number of hydrogen-bond donors (Lipinski definition) is 0. The van der Waals surface area contributed by atoms with Gasteiger partial charge < -0.3 is 4.42 Å².